The molecule has 2 heterocycles. The zero-order valence-electron chi connectivity index (χ0n) is 18.6. The highest BCUT2D eigenvalue weighted by atomic mass is 16.6. The monoisotopic (exact) mass is 462 g/mol. The van der Waals surface area contributed by atoms with Crippen LogP contribution in [-0.2, 0) is 30.4 Å². The Labute approximate surface area is 191 Å². The number of alkyl carbamates (subject to hydrolysis) is 1. The van der Waals surface area contributed by atoms with Gasteiger partial charge in [0.25, 0.3) is 5.91 Å². The molecule has 180 valence electrons. The lowest BCUT2D eigenvalue weighted by atomic mass is 10.1. The fraction of sp³-hybridized carbons (Fsp3) is 0.524. The van der Waals surface area contributed by atoms with E-state index in [1.165, 1.54) is 6.34 Å². The van der Waals surface area contributed by atoms with E-state index in [1.54, 1.807) is 18.7 Å². The number of esters is 1. The molecule has 0 aliphatic carbocycles. The Kier molecular flexibility index (Phi) is 8.58. The lowest BCUT2D eigenvalue weighted by molar-refractivity contribution is -0.149. The minimum absolute atomic E-state index is 0.00466. The molecule has 1 saturated heterocycles. The van der Waals surface area contributed by atoms with Crippen LogP contribution in [0.15, 0.2) is 35.3 Å². The van der Waals surface area contributed by atoms with E-state index in [1.807, 2.05) is 30.3 Å². The minimum Gasteiger partial charge on any atom is -0.462 e. The van der Waals surface area contributed by atoms with Crippen LogP contribution in [0.25, 0.3) is 0 Å². The number of carbonyl (C=O) groups is 3. The third kappa shape index (κ3) is 6.88. The molecule has 12 heteroatoms. The van der Waals surface area contributed by atoms with Gasteiger partial charge in [0.1, 0.15) is 38.4 Å². The van der Waals surface area contributed by atoms with Gasteiger partial charge in [-0.2, -0.15) is 0 Å². The minimum atomic E-state index is -0.855. The maximum absolute atomic E-state index is 12.4. The van der Waals surface area contributed by atoms with Gasteiger partial charge < -0.3 is 29.7 Å². The first-order valence-electron chi connectivity index (χ1n) is 10.7. The quantitative estimate of drug-likeness (QED) is 0.265. The Morgan fingerprint density at radius 1 is 1.21 bits per heavy atom. The maximum atomic E-state index is 12.4. The average Bonchev–Trinajstić information content (AvgIpc) is 3.19. The number of fused-ring (bicyclic) bond motifs is 1. The Morgan fingerprint density at radius 3 is 2.70 bits per heavy atom. The summed E-state index contributed by atoms with van der Waals surface area (Å²) in [6.07, 6.45) is -0.238. The van der Waals surface area contributed by atoms with E-state index in [-0.39, 0.29) is 38.4 Å². The van der Waals surface area contributed by atoms with Gasteiger partial charge in [0.05, 0.1) is 12.9 Å². The van der Waals surface area contributed by atoms with Crippen molar-refractivity contribution in [3.05, 3.63) is 35.9 Å². The van der Waals surface area contributed by atoms with Crippen molar-refractivity contribution >= 4 is 24.3 Å². The Bertz CT molecular complexity index is 851. The number of hydrogen-bond acceptors (Lipinski definition) is 10. The van der Waals surface area contributed by atoms with Crippen molar-refractivity contribution in [1.29, 1.82) is 0 Å². The highest BCUT2D eigenvalue weighted by Gasteiger charge is 2.40. The van der Waals surface area contributed by atoms with Crippen molar-refractivity contribution in [3.63, 3.8) is 0 Å². The standard InChI is InChI=1S/C21H30N6O6/c1-13(2)15(24-21(30)33-10-14-6-4-3-5-7-14)19(29)32-9-8-31-12-27-11-23-16-17(27)25-20(22)26-18(16)28/h3-7,11,13,15-17,20,25H,8-10,12,22H2,1-2H3,(H,24,30)(H,26,28). The summed E-state index contributed by atoms with van der Waals surface area (Å²) in [7, 11) is 0. The number of benzene rings is 1. The van der Waals surface area contributed by atoms with E-state index < -0.39 is 36.6 Å². The molecule has 1 aromatic carbocycles. The molecule has 12 nitrogen and oxygen atoms in total. The van der Waals surface area contributed by atoms with Crippen molar-refractivity contribution in [2.45, 2.75) is 45.0 Å². The summed E-state index contributed by atoms with van der Waals surface area (Å²) in [6.45, 7) is 3.93. The van der Waals surface area contributed by atoms with E-state index in [9.17, 15) is 14.4 Å². The SMILES string of the molecule is CC(C)C(NC(=O)OCc1ccccc1)C(=O)OCCOCN1C=NC2C(=O)NC(N)NC21. The van der Waals surface area contributed by atoms with Crippen LogP contribution in [0.1, 0.15) is 19.4 Å². The summed E-state index contributed by atoms with van der Waals surface area (Å²) in [4.78, 5) is 42.2. The van der Waals surface area contributed by atoms with Crippen LogP contribution < -0.4 is 21.7 Å². The number of aliphatic imine (C=N–C) groups is 1. The van der Waals surface area contributed by atoms with Gasteiger partial charge >= 0.3 is 12.1 Å². The molecular weight excluding hydrogens is 432 g/mol. The number of nitrogens with zero attached hydrogens (tertiary/aromatic N) is 2. The van der Waals surface area contributed by atoms with E-state index in [2.05, 4.69) is 20.9 Å². The molecule has 5 N–H and O–H groups in total. The largest absolute Gasteiger partial charge is 0.462 e. The molecule has 2 amide bonds. The fourth-order valence-corrected chi connectivity index (χ4v) is 3.32. The summed E-state index contributed by atoms with van der Waals surface area (Å²) in [6, 6.07) is 7.79. The van der Waals surface area contributed by atoms with Crippen molar-refractivity contribution in [1.82, 2.24) is 20.9 Å². The smallest absolute Gasteiger partial charge is 0.408 e. The first-order valence-corrected chi connectivity index (χ1v) is 10.7. The molecule has 3 rings (SSSR count). The van der Waals surface area contributed by atoms with Crippen molar-refractivity contribution in [3.8, 4) is 0 Å². The molecule has 0 aromatic heterocycles. The second-order valence-electron chi connectivity index (χ2n) is 7.95. The Hall–Kier alpha value is -3.22. The number of nitrogens with one attached hydrogen (secondary N) is 3. The lowest BCUT2D eigenvalue weighted by Crippen LogP contribution is -2.69. The van der Waals surface area contributed by atoms with Gasteiger partial charge in [0, 0.05) is 0 Å². The molecule has 0 saturated carbocycles. The van der Waals surface area contributed by atoms with Crippen molar-refractivity contribution < 1.29 is 28.6 Å². The van der Waals surface area contributed by atoms with Crippen LogP contribution in [0.4, 0.5) is 4.79 Å². The summed E-state index contributed by atoms with van der Waals surface area (Å²) in [5, 5.41) is 8.12. The van der Waals surface area contributed by atoms with Gasteiger partial charge in [0.2, 0.25) is 0 Å². The molecule has 0 spiro atoms. The molecule has 1 aromatic rings. The molecule has 2 aliphatic rings. The van der Waals surface area contributed by atoms with Crippen LogP contribution in [0.3, 0.4) is 0 Å². The van der Waals surface area contributed by atoms with Crippen LogP contribution in [0, 0.1) is 5.92 Å². The van der Waals surface area contributed by atoms with E-state index in [4.69, 9.17) is 19.9 Å². The molecule has 0 bridgehead atoms. The predicted molar refractivity (Wildman–Crippen MR) is 117 cm³/mol. The predicted octanol–water partition coefficient (Wildman–Crippen LogP) is -0.545. The van der Waals surface area contributed by atoms with Gasteiger partial charge in [-0.1, -0.05) is 44.2 Å². The highest BCUT2D eigenvalue weighted by Crippen LogP contribution is 2.14. The zero-order chi connectivity index (χ0) is 23.8. The van der Waals surface area contributed by atoms with Gasteiger partial charge in [-0.3, -0.25) is 20.8 Å². The van der Waals surface area contributed by atoms with Gasteiger partial charge in [-0.05, 0) is 11.5 Å². The molecule has 1 fully saturated rings. The van der Waals surface area contributed by atoms with Gasteiger partial charge in [-0.15, -0.1) is 0 Å². The van der Waals surface area contributed by atoms with Crippen LogP contribution in [-0.4, -0.2) is 73.7 Å². The molecular formula is C21H30N6O6. The van der Waals surface area contributed by atoms with Gasteiger partial charge in [0.15, 0.2) is 6.04 Å². The van der Waals surface area contributed by atoms with E-state index >= 15 is 0 Å². The number of amides is 2. The van der Waals surface area contributed by atoms with Crippen LogP contribution >= 0.6 is 0 Å². The topological polar surface area (TPSA) is 157 Å². The number of ether oxygens (including phenoxy) is 3. The second-order valence-corrected chi connectivity index (χ2v) is 7.95. The lowest BCUT2D eigenvalue weighted by Gasteiger charge is -2.35. The summed E-state index contributed by atoms with van der Waals surface area (Å²) < 4.78 is 16.0. The van der Waals surface area contributed by atoms with Crippen LogP contribution in [0.5, 0.6) is 0 Å². The fourth-order valence-electron chi connectivity index (χ4n) is 3.32. The third-order valence-electron chi connectivity index (χ3n) is 5.07. The Morgan fingerprint density at radius 2 is 1.97 bits per heavy atom. The average molecular weight is 463 g/mol. The van der Waals surface area contributed by atoms with E-state index in [0.29, 0.717) is 0 Å². The van der Waals surface area contributed by atoms with Crippen molar-refractivity contribution in [2.24, 2.45) is 16.6 Å². The van der Waals surface area contributed by atoms with Crippen molar-refractivity contribution in [2.75, 3.05) is 19.9 Å². The van der Waals surface area contributed by atoms with Crippen LogP contribution in [0.2, 0.25) is 0 Å². The highest BCUT2D eigenvalue weighted by molar-refractivity contribution is 5.87. The second kappa shape index (κ2) is 11.6. The summed E-state index contributed by atoms with van der Waals surface area (Å²) in [5.41, 5.74) is 6.57. The zero-order valence-corrected chi connectivity index (χ0v) is 18.6. The normalized spacial score (nSPS) is 22.5. The van der Waals surface area contributed by atoms with E-state index in [0.717, 1.165) is 5.56 Å². The number of rotatable bonds is 10. The number of carbonyl (C=O) groups excluding carboxylic acids is 3. The first-order chi connectivity index (χ1) is 15.8. The number of hydrogen-bond donors (Lipinski definition) is 4. The summed E-state index contributed by atoms with van der Waals surface area (Å²) in [5.74, 6) is -1.04. The maximum Gasteiger partial charge on any atom is 0.408 e. The first kappa shape index (κ1) is 24.4. The molecule has 4 unspecified atom stereocenters. The molecule has 0 radical (unpaired) electrons. The summed E-state index contributed by atoms with van der Waals surface area (Å²) >= 11 is 0. The third-order valence-corrected chi connectivity index (χ3v) is 5.07. The van der Waals surface area contributed by atoms with Gasteiger partial charge in [-0.25, -0.2) is 9.59 Å². The molecule has 4 atom stereocenters. The molecule has 2 aliphatic heterocycles. The number of nitrogens with two attached hydrogens (primary N) is 1. The molecule has 33 heavy (non-hydrogen) atoms. The Balaban J connectivity index is 1.35.